The highest BCUT2D eigenvalue weighted by Crippen LogP contribution is 2.38. The zero-order chi connectivity index (χ0) is 13.6. The highest BCUT2D eigenvalue weighted by molar-refractivity contribution is 7.83. The number of nitrogen functional groups attached to an aromatic ring is 1. The molecule has 2 nitrogen and oxygen atoms in total. The molecular weight excluding hydrogens is 292 g/mol. The van der Waals surface area contributed by atoms with Crippen molar-refractivity contribution in [1.29, 1.82) is 0 Å². The Morgan fingerprint density at radius 2 is 1.89 bits per heavy atom. The van der Waals surface area contributed by atoms with Crippen LogP contribution in [0.15, 0.2) is 40.1 Å². The minimum absolute atomic E-state index is 0.633. The van der Waals surface area contributed by atoms with Crippen LogP contribution in [0.5, 0.6) is 0 Å². The van der Waals surface area contributed by atoms with E-state index in [0.717, 1.165) is 21.0 Å². The Hall–Kier alpha value is -1.17. The number of benzene rings is 2. The van der Waals surface area contributed by atoms with E-state index in [4.69, 9.17) is 5.73 Å². The van der Waals surface area contributed by atoms with Crippen LogP contribution < -0.4 is 5.73 Å². The number of aromatic nitrogens is 1. The van der Waals surface area contributed by atoms with Gasteiger partial charge < -0.3 is 5.73 Å². The zero-order valence-corrected chi connectivity index (χ0v) is 12.8. The van der Waals surface area contributed by atoms with Crippen molar-refractivity contribution >= 4 is 52.5 Å². The molecule has 0 atom stereocenters. The third-order valence-electron chi connectivity index (χ3n) is 2.96. The Balaban J connectivity index is 2.22. The Kier molecular flexibility index (Phi) is 3.20. The summed E-state index contributed by atoms with van der Waals surface area (Å²) in [7, 11) is 0. The van der Waals surface area contributed by atoms with E-state index in [1.54, 1.807) is 11.3 Å². The fourth-order valence-electron chi connectivity index (χ4n) is 1.91. The summed E-state index contributed by atoms with van der Waals surface area (Å²) >= 11 is 10.5. The predicted molar refractivity (Wildman–Crippen MR) is 88.7 cm³/mol. The number of aryl methyl sites for hydroxylation is 1. The van der Waals surface area contributed by atoms with Crippen LogP contribution >= 0.6 is 36.6 Å². The SMILES string of the molecule is Cc1ccc2nc(-c3ccc(N)c(S)c3S)sc2c1. The van der Waals surface area contributed by atoms with Crippen LogP contribution in [0.4, 0.5) is 5.69 Å². The quantitative estimate of drug-likeness (QED) is 0.459. The number of fused-ring (bicyclic) bond motifs is 1. The van der Waals surface area contributed by atoms with Crippen molar-refractivity contribution in [3.05, 3.63) is 35.9 Å². The molecule has 2 N–H and O–H groups in total. The molecule has 5 heteroatoms. The first kappa shape index (κ1) is 12.8. The minimum Gasteiger partial charge on any atom is -0.398 e. The number of thiazole rings is 1. The highest BCUT2D eigenvalue weighted by atomic mass is 32.1. The molecule has 3 rings (SSSR count). The largest absolute Gasteiger partial charge is 0.398 e. The predicted octanol–water partition coefficient (Wildman–Crippen LogP) is 4.43. The van der Waals surface area contributed by atoms with Crippen LogP contribution in [0, 0.1) is 6.92 Å². The van der Waals surface area contributed by atoms with Gasteiger partial charge in [-0.25, -0.2) is 4.98 Å². The number of nitrogens with zero attached hydrogens (tertiary/aromatic N) is 1. The first-order valence-electron chi connectivity index (χ1n) is 5.74. The lowest BCUT2D eigenvalue weighted by Crippen LogP contribution is -1.89. The third kappa shape index (κ3) is 2.22. The number of nitrogens with two attached hydrogens (primary N) is 1. The topological polar surface area (TPSA) is 38.9 Å². The smallest absolute Gasteiger partial charge is 0.125 e. The van der Waals surface area contributed by atoms with Gasteiger partial charge in [-0.05, 0) is 36.8 Å². The maximum absolute atomic E-state index is 5.82. The monoisotopic (exact) mass is 304 g/mol. The Labute approximate surface area is 126 Å². The summed E-state index contributed by atoms with van der Waals surface area (Å²) < 4.78 is 1.18. The van der Waals surface area contributed by atoms with Crippen LogP contribution in [0.2, 0.25) is 0 Å². The van der Waals surface area contributed by atoms with Gasteiger partial charge in [-0.2, -0.15) is 0 Å². The molecule has 0 aliphatic carbocycles. The molecule has 19 heavy (non-hydrogen) atoms. The standard InChI is InChI=1S/C14H12N2S3/c1-7-2-5-10-11(6-7)19-14(16-10)8-3-4-9(15)13(18)12(8)17/h2-6,17-18H,15H2,1H3. The van der Waals surface area contributed by atoms with Gasteiger partial charge in [-0.3, -0.25) is 0 Å². The molecule has 0 aliphatic rings. The van der Waals surface area contributed by atoms with Gasteiger partial charge in [0.15, 0.2) is 0 Å². The van der Waals surface area contributed by atoms with Gasteiger partial charge in [0, 0.05) is 21.0 Å². The summed E-state index contributed by atoms with van der Waals surface area (Å²) in [6.07, 6.45) is 0. The van der Waals surface area contributed by atoms with Crippen LogP contribution in [-0.2, 0) is 0 Å². The average molecular weight is 304 g/mol. The van der Waals surface area contributed by atoms with E-state index < -0.39 is 0 Å². The second kappa shape index (κ2) is 4.74. The van der Waals surface area contributed by atoms with E-state index in [0.29, 0.717) is 10.6 Å². The fraction of sp³-hybridized carbons (Fsp3) is 0.0714. The number of anilines is 1. The van der Waals surface area contributed by atoms with Gasteiger partial charge in [-0.1, -0.05) is 6.07 Å². The molecule has 0 radical (unpaired) electrons. The Morgan fingerprint density at radius 3 is 2.68 bits per heavy atom. The summed E-state index contributed by atoms with van der Waals surface area (Å²) in [5, 5.41) is 0.945. The van der Waals surface area contributed by atoms with Crippen molar-refractivity contribution in [1.82, 2.24) is 4.98 Å². The Bertz CT molecular complexity index is 778. The molecule has 0 saturated heterocycles. The lowest BCUT2D eigenvalue weighted by atomic mass is 10.2. The van der Waals surface area contributed by atoms with Crippen LogP contribution in [0.1, 0.15) is 5.56 Å². The molecule has 0 spiro atoms. The van der Waals surface area contributed by atoms with Crippen molar-refractivity contribution < 1.29 is 0 Å². The van der Waals surface area contributed by atoms with E-state index >= 15 is 0 Å². The number of rotatable bonds is 1. The second-order valence-electron chi connectivity index (χ2n) is 4.39. The molecule has 0 bridgehead atoms. The second-order valence-corrected chi connectivity index (χ2v) is 6.31. The van der Waals surface area contributed by atoms with Gasteiger partial charge in [0.25, 0.3) is 0 Å². The van der Waals surface area contributed by atoms with Crippen molar-refractivity contribution in [3.63, 3.8) is 0 Å². The lowest BCUT2D eigenvalue weighted by molar-refractivity contribution is 1.27. The van der Waals surface area contributed by atoms with E-state index in [9.17, 15) is 0 Å². The molecule has 1 aromatic heterocycles. The van der Waals surface area contributed by atoms with Gasteiger partial charge in [-0.15, -0.1) is 36.6 Å². The summed E-state index contributed by atoms with van der Waals surface area (Å²) in [4.78, 5) is 6.13. The zero-order valence-electron chi connectivity index (χ0n) is 10.2. The number of thiol groups is 2. The van der Waals surface area contributed by atoms with Crippen molar-refractivity contribution in [2.75, 3.05) is 5.73 Å². The van der Waals surface area contributed by atoms with Gasteiger partial charge in [0.05, 0.1) is 10.2 Å². The maximum atomic E-state index is 5.82. The maximum Gasteiger partial charge on any atom is 0.125 e. The van der Waals surface area contributed by atoms with Gasteiger partial charge in [0.2, 0.25) is 0 Å². The van der Waals surface area contributed by atoms with Crippen LogP contribution in [0.3, 0.4) is 0 Å². The van der Waals surface area contributed by atoms with E-state index in [2.05, 4.69) is 49.3 Å². The highest BCUT2D eigenvalue weighted by Gasteiger charge is 2.12. The molecule has 1 heterocycles. The molecule has 0 aliphatic heterocycles. The molecule has 0 saturated carbocycles. The first-order chi connectivity index (χ1) is 9.06. The first-order valence-corrected chi connectivity index (χ1v) is 7.45. The minimum atomic E-state index is 0.633. The molecule has 0 fully saturated rings. The van der Waals surface area contributed by atoms with E-state index in [1.165, 1.54) is 10.3 Å². The molecule has 3 aromatic rings. The summed E-state index contributed by atoms with van der Waals surface area (Å²) in [5.74, 6) is 0. The van der Waals surface area contributed by atoms with Crippen molar-refractivity contribution in [3.8, 4) is 10.6 Å². The molecule has 2 aromatic carbocycles. The molecule has 0 amide bonds. The van der Waals surface area contributed by atoms with Crippen LogP contribution in [0.25, 0.3) is 20.8 Å². The molecular formula is C14H12N2S3. The number of hydrogen-bond donors (Lipinski definition) is 3. The van der Waals surface area contributed by atoms with E-state index in [-0.39, 0.29) is 0 Å². The molecule has 0 unspecified atom stereocenters. The van der Waals surface area contributed by atoms with Gasteiger partial charge in [0.1, 0.15) is 5.01 Å². The molecule has 96 valence electrons. The fourth-order valence-corrected chi connectivity index (χ4v) is 3.59. The van der Waals surface area contributed by atoms with Gasteiger partial charge >= 0.3 is 0 Å². The summed E-state index contributed by atoms with van der Waals surface area (Å²) in [6.45, 7) is 2.08. The van der Waals surface area contributed by atoms with E-state index in [1.807, 2.05) is 18.2 Å². The number of hydrogen-bond acceptors (Lipinski definition) is 5. The third-order valence-corrected chi connectivity index (χ3v) is 5.13. The lowest BCUT2D eigenvalue weighted by Gasteiger charge is -2.06. The van der Waals surface area contributed by atoms with Crippen molar-refractivity contribution in [2.24, 2.45) is 0 Å². The Morgan fingerprint density at radius 1 is 1.11 bits per heavy atom. The summed E-state index contributed by atoms with van der Waals surface area (Å²) in [5.41, 5.74) is 9.67. The van der Waals surface area contributed by atoms with Crippen molar-refractivity contribution in [2.45, 2.75) is 16.7 Å². The normalized spacial score (nSPS) is 11.1. The van der Waals surface area contributed by atoms with Crippen LogP contribution in [-0.4, -0.2) is 4.98 Å². The average Bonchev–Trinajstić information content (AvgIpc) is 2.78. The summed E-state index contributed by atoms with van der Waals surface area (Å²) in [6, 6.07) is 10.0.